The molecule has 1 heterocycles. The summed E-state index contributed by atoms with van der Waals surface area (Å²) in [5.74, 6) is 1.15. The van der Waals surface area contributed by atoms with Crippen molar-refractivity contribution in [1.82, 2.24) is 9.80 Å². The summed E-state index contributed by atoms with van der Waals surface area (Å²) in [5.41, 5.74) is 1.41. The number of carbonyl (C=O) groups excluding carboxylic acids is 1. The van der Waals surface area contributed by atoms with Crippen LogP contribution in [-0.2, 0) is 4.79 Å². The molecule has 1 atom stereocenters. The van der Waals surface area contributed by atoms with E-state index in [1.807, 2.05) is 4.90 Å². The molecule has 2 rings (SSSR count). The highest BCUT2D eigenvalue weighted by atomic mass is 16.2. The Morgan fingerprint density at radius 1 is 1.18 bits per heavy atom. The standard InChI is InChI=1S/C19H30N2O/c1-4-21(5-2)19(22)18-11-13-20(14-12-18)15-16(3)17-9-7-6-8-10-17/h6-10,16,18H,4-5,11-15H2,1-3H3. The van der Waals surface area contributed by atoms with E-state index in [9.17, 15) is 4.79 Å². The average molecular weight is 302 g/mol. The van der Waals surface area contributed by atoms with Gasteiger partial charge in [-0.2, -0.15) is 0 Å². The fourth-order valence-electron chi connectivity index (χ4n) is 3.43. The zero-order valence-electron chi connectivity index (χ0n) is 14.3. The zero-order valence-corrected chi connectivity index (χ0v) is 14.3. The molecule has 0 saturated carbocycles. The van der Waals surface area contributed by atoms with E-state index in [0.717, 1.165) is 45.6 Å². The maximum absolute atomic E-state index is 12.4. The first-order chi connectivity index (χ1) is 10.7. The third kappa shape index (κ3) is 4.33. The van der Waals surface area contributed by atoms with Crippen molar-refractivity contribution in [3.8, 4) is 0 Å². The minimum absolute atomic E-state index is 0.239. The number of piperidine rings is 1. The van der Waals surface area contributed by atoms with Crippen molar-refractivity contribution in [2.75, 3.05) is 32.7 Å². The second kappa shape index (κ2) is 8.33. The molecule has 0 aliphatic carbocycles. The number of likely N-dealkylation sites (tertiary alicyclic amines) is 1. The van der Waals surface area contributed by atoms with Gasteiger partial charge >= 0.3 is 0 Å². The van der Waals surface area contributed by atoms with Crippen LogP contribution < -0.4 is 0 Å². The summed E-state index contributed by atoms with van der Waals surface area (Å²) < 4.78 is 0. The largest absolute Gasteiger partial charge is 0.343 e. The minimum atomic E-state index is 0.239. The van der Waals surface area contributed by atoms with Gasteiger partial charge in [0, 0.05) is 25.6 Å². The lowest BCUT2D eigenvalue weighted by Gasteiger charge is -2.35. The van der Waals surface area contributed by atoms with E-state index in [2.05, 4.69) is 56.0 Å². The van der Waals surface area contributed by atoms with Crippen LogP contribution in [0.25, 0.3) is 0 Å². The SMILES string of the molecule is CCN(CC)C(=O)C1CCN(CC(C)c2ccccc2)CC1. The van der Waals surface area contributed by atoms with Crippen LogP contribution in [0.15, 0.2) is 30.3 Å². The molecule has 1 aromatic carbocycles. The molecule has 22 heavy (non-hydrogen) atoms. The van der Waals surface area contributed by atoms with E-state index in [-0.39, 0.29) is 5.92 Å². The smallest absolute Gasteiger partial charge is 0.225 e. The quantitative estimate of drug-likeness (QED) is 0.804. The van der Waals surface area contributed by atoms with Gasteiger partial charge in [-0.25, -0.2) is 0 Å². The molecule has 0 N–H and O–H groups in total. The molecular weight excluding hydrogens is 272 g/mol. The molecule has 1 amide bonds. The molecule has 0 bridgehead atoms. The van der Waals surface area contributed by atoms with Gasteiger partial charge in [0.1, 0.15) is 0 Å². The molecule has 3 heteroatoms. The second-order valence-corrected chi connectivity index (χ2v) is 6.40. The Morgan fingerprint density at radius 3 is 2.32 bits per heavy atom. The van der Waals surface area contributed by atoms with Crippen LogP contribution in [0.1, 0.15) is 45.1 Å². The van der Waals surface area contributed by atoms with E-state index >= 15 is 0 Å². The van der Waals surface area contributed by atoms with Gasteiger partial charge < -0.3 is 9.80 Å². The Hall–Kier alpha value is -1.35. The minimum Gasteiger partial charge on any atom is -0.343 e. The molecule has 1 aromatic rings. The van der Waals surface area contributed by atoms with Crippen molar-refractivity contribution in [1.29, 1.82) is 0 Å². The zero-order chi connectivity index (χ0) is 15.9. The lowest BCUT2D eigenvalue weighted by molar-refractivity contribution is -0.136. The number of benzene rings is 1. The monoisotopic (exact) mass is 302 g/mol. The van der Waals surface area contributed by atoms with Gasteiger partial charge in [0.15, 0.2) is 0 Å². The Labute approximate surface area is 135 Å². The Bertz CT molecular complexity index is 448. The summed E-state index contributed by atoms with van der Waals surface area (Å²) in [4.78, 5) is 16.9. The molecule has 1 unspecified atom stereocenters. The van der Waals surface area contributed by atoms with E-state index in [1.165, 1.54) is 5.56 Å². The lowest BCUT2D eigenvalue weighted by Crippen LogP contribution is -2.43. The number of hydrogen-bond acceptors (Lipinski definition) is 2. The summed E-state index contributed by atoms with van der Waals surface area (Å²) in [7, 11) is 0. The van der Waals surface area contributed by atoms with Crippen LogP contribution in [0.5, 0.6) is 0 Å². The van der Waals surface area contributed by atoms with E-state index < -0.39 is 0 Å². The molecule has 0 spiro atoms. The number of amides is 1. The number of nitrogens with zero attached hydrogens (tertiary/aromatic N) is 2. The van der Waals surface area contributed by atoms with Gasteiger partial charge in [0.2, 0.25) is 5.91 Å². The fourth-order valence-corrected chi connectivity index (χ4v) is 3.43. The first-order valence-electron chi connectivity index (χ1n) is 8.71. The topological polar surface area (TPSA) is 23.6 Å². The van der Waals surface area contributed by atoms with Gasteiger partial charge in [0.25, 0.3) is 0 Å². The van der Waals surface area contributed by atoms with Crippen LogP contribution >= 0.6 is 0 Å². The van der Waals surface area contributed by atoms with Crippen molar-refractivity contribution < 1.29 is 4.79 Å². The molecule has 0 aromatic heterocycles. The normalized spacial score (nSPS) is 18.1. The van der Waals surface area contributed by atoms with Gasteiger partial charge in [-0.3, -0.25) is 4.79 Å². The van der Waals surface area contributed by atoms with Crippen molar-refractivity contribution >= 4 is 5.91 Å². The Kier molecular flexibility index (Phi) is 6.44. The molecular formula is C19H30N2O. The number of carbonyl (C=O) groups is 1. The van der Waals surface area contributed by atoms with Gasteiger partial charge in [-0.1, -0.05) is 37.3 Å². The Balaban J connectivity index is 1.81. The first kappa shape index (κ1) is 17.0. The van der Waals surface area contributed by atoms with Crippen LogP contribution in [0, 0.1) is 5.92 Å². The molecule has 1 saturated heterocycles. The van der Waals surface area contributed by atoms with Gasteiger partial charge in [0.05, 0.1) is 0 Å². The second-order valence-electron chi connectivity index (χ2n) is 6.40. The van der Waals surface area contributed by atoms with Crippen molar-refractivity contribution in [2.45, 2.75) is 39.5 Å². The maximum Gasteiger partial charge on any atom is 0.225 e. The van der Waals surface area contributed by atoms with Crippen LogP contribution in [-0.4, -0.2) is 48.4 Å². The highest BCUT2D eigenvalue weighted by Gasteiger charge is 2.27. The predicted molar refractivity (Wildman–Crippen MR) is 91.9 cm³/mol. The van der Waals surface area contributed by atoms with Crippen molar-refractivity contribution in [2.24, 2.45) is 5.92 Å². The summed E-state index contributed by atoms with van der Waals surface area (Å²) >= 11 is 0. The van der Waals surface area contributed by atoms with Gasteiger partial charge in [-0.05, 0) is 51.3 Å². The van der Waals surface area contributed by atoms with E-state index in [0.29, 0.717) is 11.8 Å². The molecule has 1 fully saturated rings. The first-order valence-corrected chi connectivity index (χ1v) is 8.71. The third-order valence-corrected chi connectivity index (χ3v) is 4.91. The van der Waals surface area contributed by atoms with Crippen LogP contribution in [0.4, 0.5) is 0 Å². The van der Waals surface area contributed by atoms with E-state index in [4.69, 9.17) is 0 Å². The highest BCUT2D eigenvalue weighted by molar-refractivity contribution is 5.78. The van der Waals surface area contributed by atoms with Crippen LogP contribution in [0.2, 0.25) is 0 Å². The molecule has 122 valence electrons. The number of hydrogen-bond donors (Lipinski definition) is 0. The number of rotatable bonds is 6. The summed E-state index contributed by atoms with van der Waals surface area (Å²) in [5, 5.41) is 0. The molecule has 0 radical (unpaired) electrons. The summed E-state index contributed by atoms with van der Waals surface area (Å²) in [6, 6.07) is 10.7. The van der Waals surface area contributed by atoms with Crippen LogP contribution in [0.3, 0.4) is 0 Å². The average Bonchev–Trinajstić information content (AvgIpc) is 2.57. The molecule has 1 aliphatic heterocycles. The van der Waals surface area contributed by atoms with E-state index in [1.54, 1.807) is 0 Å². The lowest BCUT2D eigenvalue weighted by atomic mass is 9.93. The summed E-state index contributed by atoms with van der Waals surface area (Å²) in [6.07, 6.45) is 2.02. The highest BCUT2D eigenvalue weighted by Crippen LogP contribution is 2.23. The summed E-state index contributed by atoms with van der Waals surface area (Å²) in [6.45, 7) is 11.3. The molecule has 3 nitrogen and oxygen atoms in total. The maximum atomic E-state index is 12.4. The van der Waals surface area contributed by atoms with Crippen molar-refractivity contribution in [3.05, 3.63) is 35.9 Å². The van der Waals surface area contributed by atoms with Gasteiger partial charge in [-0.15, -0.1) is 0 Å². The third-order valence-electron chi connectivity index (χ3n) is 4.91. The fraction of sp³-hybridized carbons (Fsp3) is 0.632. The molecule has 1 aliphatic rings. The Morgan fingerprint density at radius 2 is 1.77 bits per heavy atom. The predicted octanol–water partition coefficient (Wildman–Crippen LogP) is 3.37. The van der Waals surface area contributed by atoms with Crippen molar-refractivity contribution in [3.63, 3.8) is 0 Å².